The SMILES string of the molecule is COc1ccc([N+](=O)[O-])c(C(=O)NC2CCN(Cc3ccccc3)CC2)c1. The molecule has 0 bridgehead atoms. The topological polar surface area (TPSA) is 84.7 Å². The molecule has 7 nitrogen and oxygen atoms in total. The predicted octanol–water partition coefficient (Wildman–Crippen LogP) is 3.00. The molecule has 0 atom stereocenters. The molecule has 2 aromatic carbocycles. The zero-order valence-corrected chi connectivity index (χ0v) is 15.3. The van der Waals surface area contributed by atoms with Gasteiger partial charge in [0.05, 0.1) is 12.0 Å². The smallest absolute Gasteiger partial charge is 0.282 e. The number of piperidine rings is 1. The van der Waals surface area contributed by atoms with E-state index in [0.29, 0.717) is 5.75 Å². The van der Waals surface area contributed by atoms with Crippen LogP contribution < -0.4 is 10.1 Å². The minimum atomic E-state index is -0.545. The zero-order chi connectivity index (χ0) is 19.2. The maximum atomic E-state index is 12.6. The summed E-state index contributed by atoms with van der Waals surface area (Å²) < 4.78 is 5.09. The number of nitro benzene ring substituents is 1. The summed E-state index contributed by atoms with van der Waals surface area (Å²) in [4.78, 5) is 25.6. The van der Waals surface area contributed by atoms with E-state index >= 15 is 0 Å². The molecule has 0 spiro atoms. The third-order valence-electron chi connectivity index (χ3n) is 4.82. The molecule has 0 saturated carbocycles. The number of methoxy groups -OCH3 is 1. The highest BCUT2D eigenvalue weighted by Gasteiger charge is 2.25. The van der Waals surface area contributed by atoms with Crippen molar-refractivity contribution in [1.29, 1.82) is 0 Å². The van der Waals surface area contributed by atoms with Crippen molar-refractivity contribution in [3.63, 3.8) is 0 Å². The lowest BCUT2D eigenvalue weighted by atomic mass is 10.0. The molecule has 1 saturated heterocycles. The molecule has 1 aliphatic rings. The highest BCUT2D eigenvalue weighted by molar-refractivity contribution is 5.98. The van der Waals surface area contributed by atoms with Gasteiger partial charge in [0.15, 0.2) is 0 Å². The molecule has 0 unspecified atom stereocenters. The van der Waals surface area contributed by atoms with Crippen molar-refractivity contribution in [1.82, 2.24) is 10.2 Å². The van der Waals surface area contributed by atoms with Crippen molar-refractivity contribution in [2.45, 2.75) is 25.4 Å². The van der Waals surface area contributed by atoms with E-state index in [0.717, 1.165) is 32.5 Å². The van der Waals surface area contributed by atoms with Crippen LogP contribution in [0.15, 0.2) is 48.5 Å². The minimum absolute atomic E-state index is 0.00956. The Hall–Kier alpha value is -2.93. The van der Waals surface area contributed by atoms with E-state index in [4.69, 9.17) is 4.74 Å². The Bertz CT molecular complexity index is 802. The van der Waals surface area contributed by atoms with Crippen molar-refractivity contribution in [3.8, 4) is 5.75 Å². The first kappa shape index (κ1) is 18.8. The maximum absolute atomic E-state index is 12.6. The molecule has 1 amide bonds. The molecule has 3 rings (SSSR count). The van der Waals surface area contributed by atoms with E-state index in [9.17, 15) is 14.9 Å². The fourth-order valence-electron chi connectivity index (χ4n) is 3.32. The average molecular weight is 369 g/mol. The predicted molar refractivity (Wildman–Crippen MR) is 102 cm³/mol. The van der Waals surface area contributed by atoms with Crippen molar-refractivity contribution in [2.75, 3.05) is 20.2 Å². The lowest BCUT2D eigenvalue weighted by molar-refractivity contribution is -0.385. The lowest BCUT2D eigenvalue weighted by Gasteiger charge is -2.32. The Morgan fingerprint density at radius 1 is 1.22 bits per heavy atom. The highest BCUT2D eigenvalue weighted by atomic mass is 16.6. The quantitative estimate of drug-likeness (QED) is 0.625. The van der Waals surface area contributed by atoms with Crippen LogP contribution in [0.1, 0.15) is 28.8 Å². The van der Waals surface area contributed by atoms with Gasteiger partial charge in [-0.1, -0.05) is 30.3 Å². The van der Waals surface area contributed by atoms with Crippen LogP contribution in [0.3, 0.4) is 0 Å². The van der Waals surface area contributed by atoms with Gasteiger partial charge >= 0.3 is 0 Å². The molecule has 0 aromatic heterocycles. The number of nitro groups is 1. The van der Waals surface area contributed by atoms with Crippen LogP contribution in [0.5, 0.6) is 5.75 Å². The van der Waals surface area contributed by atoms with Crippen molar-refractivity contribution in [2.24, 2.45) is 0 Å². The Morgan fingerprint density at radius 3 is 2.56 bits per heavy atom. The third-order valence-corrected chi connectivity index (χ3v) is 4.82. The van der Waals surface area contributed by atoms with Gasteiger partial charge in [0, 0.05) is 31.7 Å². The molecule has 1 fully saturated rings. The minimum Gasteiger partial charge on any atom is -0.497 e. The molecule has 27 heavy (non-hydrogen) atoms. The second-order valence-electron chi connectivity index (χ2n) is 6.65. The lowest BCUT2D eigenvalue weighted by Crippen LogP contribution is -2.44. The van der Waals surface area contributed by atoms with E-state index in [1.54, 1.807) is 0 Å². The highest BCUT2D eigenvalue weighted by Crippen LogP contribution is 2.24. The number of nitrogens with zero attached hydrogens (tertiary/aromatic N) is 2. The molecular formula is C20H23N3O4. The second kappa shape index (κ2) is 8.64. The molecule has 0 aliphatic carbocycles. The molecule has 0 radical (unpaired) electrons. The number of hydrogen-bond donors (Lipinski definition) is 1. The summed E-state index contributed by atoms with van der Waals surface area (Å²) in [7, 11) is 1.46. The number of ether oxygens (including phenoxy) is 1. The summed E-state index contributed by atoms with van der Waals surface area (Å²) in [6, 6.07) is 14.5. The van der Waals surface area contributed by atoms with Gasteiger partial charge in [-0.2, -0.15) is 0 Å². The van der Waals surface area contributed by atoms with Crippen molar-refractivity contribution < 1.29 is 14.5 Å². The van der Waals surface area contributed by atoms with Crippen LogP contribution in [0.2, 0.25) is 0 Å². The van der Waals surface area contributed by atoms with Crippen LogP contribution >= 0.6 is 0 Å². The second-order valence-corrected chi connectivity index (χ2v) is 6.65. The number of likely N-dealkylation sites (tertiary alicyclic amines) is 1. The first-order valence-electron chi connectivity index (χ1n) is 8.96. The normalized spacial score (nSPS) is 15.3. The van der Waals surface area contributed by atoms with Crippen LogP contribution in [0.4, 0.5) is 5.69 Å². The van der Waals surface area contributed by atoms with E-state index < -0.39 is 10.8 Å². The summed E-state index contributed by atoms with van der Waals surface area (Å²) in [5.41, 5.74) is 1.09. The van der Waals surface area contributed by atoms with Gasteiger partial charge in [0.25, 0.3) is 11.6 Å². The standard InChI is InChI=1S/C20H23N3O4/c1-27-17-7-8-19(23(25)26)18(13-17)20(24)21-16-9-11-22(12-10-16)14-15-5-3-2-4-6-15/h2-8,13,16H,9-12,14H2,1H3,(H,21,24). The molecule has 2 aromatic rings. The Balaban J connectivity index is 1.59. The van der Waals surface area contributed by atoms with Crippen molar-refractivity contribution >= 4 is 11.6 Å². The van der Waals surface area contributed by atoms with Crippen LogP contribution in [-0.2, 0) is 6.54 Å². The first-order chi connectivity index (χ1) is 13.1. The van der Waals surface area contributed by atoms with Crippen LogP contribution in [0.25, 0.3) is 0 Å². The Kier molecular flexibility index (Phi) is 6.03. The van der Waals surface area contributed by atoms with E-state index in [-0.39, 0.29) is 17.3 Å². The average Bonchev–Trinajstić information content (AvgIpc) is 2.69. The molecule has 142 valence electrons. The molecule has 1 aliphatic heterocycles. The van der Waals surface area contributed by atoms with Gasteiger partial charge in [0.2, 0.25) is 0 Å². The molecular weight excluding hydrogens is 346 g/mol. The van der Waals surface area contributed by atoms with Crippen LogP contribution in [0, 0.1) is 10.1 Å². The summed E-state index contributed by atoms with van der Waals surface area (Å²) in [6.45, 7) is 2.64. The maximum Gasteiger partial charge on any atom is 0.282 e. The molecule has 1 heterocycles. The van der Waals surface area contributed by atoms with Gasteiger partial charge in [-0.05, 0) is 30.5 Å². The Morgan fingerprint density at radius 2 is 1.93 bits per heavy atom. The number of carbonyl (C=O) groups is 1. The van der Waals surface area contributed by atoms with Crippen LogP contribution in [-0.4, -0.2) is 42.0 Å². The fourth-order valence-corrected chi connectivity index (χ4v) is 3.32. The number of carbonyl (C=O) groups excluding carboxylic acids is 1. The van der Waals surface area contributed by atoms with E-state index in [2.05, 4.69) is 22.3 Å². The number of rotatable bonds is 6. The monoisotopic (exact) mass is 369 g/mol. The summed E-state index contributed by atoms with van der Waals surface area (Å²) in [5.74, 6) is -0.00876. The number of hydrogen-bond acceptors (Lipinski definition) is 5. The molecule has 7 heteroatoms. The summed E-state index contributed by atoms with van der Waals surface area (Å²) in [6.07, 6.45) is 1.63. The first-order valence-corrected chi connectivity index (χ1v) is 8.96. The van der Waals surface area contributed by atoms with Gasteiger partial charge in [-0.3, -0.25) is 19.8 Å². The van der Waals surface area contributed by atoms with Gasteiger partial charge in [-0.15, -0.1) is 0 Å². The number of benzene rings is 2. The number of amides is 1. The molecule has 1 N–H and O–H groups in total. The Labute approximate surface area is 158 Å². The van der Waals surface area contributed by atoms with E-state index in [1.807, 2.05) is 18.2 Å². The third kappa shape index (κ3) is 4.83. The zero-order valence-electron chi connectivity index (χ0n) is 15.3. The number of nitrogens with one attached hydrogen (secondary N) is 1. The largest absolute Gasteiger partial charge is 0.497 e. The summed E-state index contributed by atoms with van der Waals surface area (Å²) >= 11 is 0. The summed E-state index contributed by atoms with van der Waals surface area (Å²) in [5, 5.41) is 14.2. The fraction of sp³-hybridized carbons (Fsp3) is 0.350. The van der Waals surface area contributed by atoms with Crippen molar-refractivity contribution in [3.05, 3.63) is 69.8 Å². The van der Waals surface area contributed by atoms with Gasteiger partial charge in [-0.25, -0.2) is 0 Å². The van der Waals surface area contributed by atoms with Gasteiger partial charge < -0.3 is 10.1 Å². The van der Waals surface area contributed by atoms with Gasteiger partial charge in [0.1, 0.15) is 11.3 Å². The van der Waals surface area contributed by atoms with E-state index in [1.165, 1.54) is 30.9 Å².